The molecule has 0 aliphatic rings. The van der Waals surface area contributed by atoms with E-state index >= 15 is 0 Å². The van der Waals surface area contributed by atoms with E-state index in [2.05, 4.69) is 0 Å². The lowest BCUT2D eigenvalue weighted by Crippen LogP contribution is -2.14. The molecule has 2 atom stereocenters. The molecule has 2 unspecified atom stereocenters. The first kappa shape index (κ1) is 15.0. The molecule has 0 amide bonds. The molecular formula is C14H12N2O4S. The van der Waals surface area contributed by atoms with E-state index < -0.39 is 20.6 Å². The summed E-state index contributed by atoms with van der Waals surface area (Å²) in [6.45, 7) is 0. The van der Waals surface area contributed by atoms with Crippen LogP contribution in [0.5, 0.6) is 0 Å². The molecule has 0 saturated carbocycles. The molecule has 108 valence electrons. The van der Waals surface area contributed by atoms with Crippen LogP contribution in [0.25, 0.3) is 0 Å². The van der Waals surface area contributed by atoms with E-state index in [1.807, 2.05) is 0 Å². The number of hydrogen-bond acceptors (Lipinski definition) is 5. The molecule has 0 bridgehead atoms. The fourth-order valence-electron chi connectivity index (χ4n) is 1.86. The van der Waals surface area contributed by atoms with Gasteiger partial charge in [0.25, 0.3) is 10.7 Å². The average molecular weight is 304 g/mol. The van der Waals surface area contributed by atoms with E-state index in [-0.39, 0.29) is 0 Å². The van der Waals surface area contributed by atoms with Gasteiger partial charge in [-0.3, -0.25) is 20.2 Å². The van der Waals surface area contributed by atoms with E-state index in [9.17, 15) is 20.2 Å². The van der Waals surface area contributed by atoms with Crippen molar-refractivity contribution in [2.24, 2.45) is 0 Å². The number of rotatable bonds is 6. The van der Waals surface area contributed by atoms with Gasteiger partial charge in [-0.25, -0.2) is 0 Å². The Kier molecular flexibility index (Phi) is 4.89. The zero-order chi connectivity index (χ0) is 15.2. The maximum absolute atomic E-state index is 11.3. The highest BCUT2D eigenvalue weighted by Crippen LogP contribution is 2.40. The lowest BCUT2D eigenvalue weighted by Gasteiger charge is -2.13. The van der Waals surface area contributed by atoms with E-state index in [1.54, 1.807) is 60.7 Å². The summed E-state index contributed by atoms with van der Waals surface area (Å²) in [7, 11) is 0. The Bertz CT molecular complexity index is 566. The summed E-state index contributed by atoms with van der Waals surface area (Å²) >= 11 is 0.714. The molecule has 0 spiro atoms. The first-order valence-electron chi connectivity index (χ1n) is 6.12. The third kappa shape index (κ3) is 3.79. The van der Waals surface area contributed by atoms with Crippen molar-refractivity contribution in [3.63, 3.8) is 0 Å². The summed E-state index contributed by atoms with van der Waals surface area (Å²) in [5, 5.41) is 20.1. The second-order valence-electron chi connectivity index (χ2n) is 4.23. The highest BCUT2D eigenvalue weighted by molar-refractivity contribution is 7.99. The molecule has 0 N–H and O–H groups in total. The molecule has 0 heterocycles. The lowest BCUT2D eigenvalue weighted by molar-refractivity contribution is -0.514. The van der Waals surface area contributed by atoms with Crippen LogP contribution in [0, 0.1) is 20.2 Å². The zero-order valence-corrected chi connectivity index (χ0v) is 11.7. The molecule has 0 aliphatic heterocycles. The van der Waals surface area contributed by atoms with Crippen LogP contribution in [0.15, 0.2) is 60.7 Å². The Morgan fingerprint density at radius 2 is 1.05 bits per heavy atom. The predicted molar refractivity (Wildman–Crippen MR) is 79.9 cm³/mol. The van der Waals surface area contributed by atoms with E-state index in [4.69, 9.17) is 0 Å². The summed E-state index contributed by atoms with van der Waals surface area (Å²) < 4.78 is 0. The van der Waals surface area contributed by atoms with Crippen LogP contribution in [0.1, 0.15) is 21.9 Å². The van der Waals surface area contributed by atoms with Crippen molar-refractivity contribution in [1.29, 1.82) is 0 Å². The zero-order valence-electron chi connectivity index (χ0n) is 10.9. The normalized spacial score (nSPS) is 13.3. The number of nitro groups is 2. The van der Waals surface area contributed by atoms with Crippen molar-refractivity contribution < 1.29 is 9.85 Å². The molecule has 21 heavy (non-hydrogen) atoms. The molecule has 2 rings (SSSR count). The Balaban J connectivity index is 2.30. The van der Waals surface area contributed by atoms with Gasteiger partial charge in [0, 0.05) is 32.7 Å². The second kappa shape index (κ2) is 6.85. The molecule has 2 aromatic carbocycles. The van der Waals surface area contributed by atoms with Gasteiger partial charge in [0.05, 0.1) is 0 Å². The average Bonchev–Trinajstić information content (AvgIpc) is 2.49. The molecule has 0 aromatic heterocycles. The molecule has 0 aliphatic carbocycles. The fourth-order valence-corrected chi connectivity index (χ4v) is 2.93. The minimum absolute atomic E-state index is 0.440. The van der Waals surface area contributed by atoms with Gasteiger partial charge in [0.2, 0.25) is 0 Å². The van der Waals surface area contributed by atoms with Crippen molar-refractivity contribution in [2.75, 3.05) is 0 Å². The fraction of sp³-hybridized carbons (Fsp3) is 0.143. The van der Waals surface area contributed by atoms with E-state index in [0.29, 0.717) is 22.9 Å². The molecule has 2 aromatic rings. The van der Waals surface area contributed by atoms with E-state index in [0.717, 1.165) is 0 Å². The van der Waals surface area contributed by atoms with Crippen LogP contribution in [-0.4, -0.2) is 9.85 Å². The predicted octanol–water partition coefficient (Wildman–Crippen LogP) is 3.67. The Morgan fingerprint density at radius 3 is 1.33 bits per heavy atom. The van der Waals surface area contributed by atoms with Crippen LogP contribution >= 0.6 is 11.8 Å². The Hall–Kier alpha value is -2.41. The monoisotopic (exact) mass is 304 g/mol. The van der Waals surface area contributed by atoms with Gasteiger partial charge >= 0.3 is 0 Å². The van der Waals surface area contributed by atoms with Gasteiger partial charge in [-0.1, -0.05) is 60.7 Å². The first-order valence-corrected chi connectivity index (χ1v) is 7.06. The highest BCUT2D eigenvalue weighted by atomic mass is 32.2. The maximum atomic E-state index is 11.3. The standard InChI is InChI=1S/C14H12N2O4S/c17-15(18)13(11-7-3-1-4-8-11)21-14(16(19)20)12-9-5-2-6-10-12/h1-10,13-14H. The lowest BCUT2D eigenvalue weighted by atomic mass is 10.2. The van der Waals surface area contributed by atoms with Gasteiger partial charge in [0.1, 0.15) is 0 Å². The van der Waals surface area contributed by atoms with Gasteiger partial charge < -0.3 is 0 Å². The number of nitrogens with zero attached hydrogens (tertiary/aromatic N) is 2. The van der Waals surface area contributed by atoms with Crippen LogP contribution in [-0.2, 0) is 0 Å². The van der Waals surface area contributed by atoms with Crippen LogP contribution in [0.4, 0.5) is 0 Å². The number of benzene rings is 2. The smallest absolute Gasteiger partial charge is 0.263 e. The summed E-state index contributed by atoms with van der Waals surface area (Å²) in [4.78, 5) is 21.5. The quantitative estimate of drug-likeness (QED) is 0.461. The number of thioether (sulfide) groups is 1. The van der Waals surface area contributed by atoms with Gasteiger partial charge in [-0.2, -0.15) is 0 Å². The molecule has 0 saturated heterocycles. The van der Waals surface area contributed by atoms with Crippen molar-refractivity contribution in [3.8, 4) is 0 Å². The summed E-state index contributed by atoms with van der Waals surface area (Å²) in [6.07, 6.45) is 0. The SMILES string of the molecule is O=[N+]([O-])C(SC(c1ccccc1)[N+](=O)[O-])c1ccccc1. The Morgan fingerprint density at radius 1 is 0.714 bits per heavy atom. The third-order valence-electron chi connectivity index (χ3n) is 2.81. The number of hydrogen-bond donors (Lipinski definition) is 0. The highest BCUT2D eigenvalue weighted by Gasteiger charge is 2.35. The third-order valence-corrected chi connectivity index (χ3v) is 4.21. The Labute approximate surface area is 125 Å². The molecule has 7 heteroatoms. The van der Waals surface area contributed by atoms with Crippen molar-refractivity contribution in [2.45, 2.75) is 10.7 Å². The summed E-state index contributed by atoms with van der Waals surface area (Å²) in [6, 6.07) is 16.6. The molecule has 0 fully saturated rings. The molecule has 0 radical (unpaired) electrons. The van der Waals surface area contributed by atoms with Crippen LogP contribution in [0.3, 0.4) is 0 Å². The first-order chi connectivity index (χ1) is 10.1. The van der Waals surface area contributed by atoms with Gasteiger partial charge in [-0.15, -0.1) is 0 Å². The van der Waals surface area contributed by atoms with E-state index in [1.165, 1.54) is 0 Å². The topological polar surface area (TPSA) is 86.3 Å². The van der Waals surface area contributed by atoms with Gasteiger partial charge in [0.15, 0.2) is 0 Å². The van der Waals surface area contributed by atoms with Crippen LogP contribution < -0.4 is 0 Å². The molecular weight excluding hydrogens is 292 g/mol. The van der Waals surface area contributed by atoms with Gasteiger partial charge in [-0.05, 0) is 0 Å². The minimum Gasteiger partial charge on any atom is -0.263 e. The molecule has 6 nitrogen and oxygen atoms in total. The van der Waals surface area contributed by atoms with Crippen molar-refractivity contribution in [1.82, 2.24) is 0 Å². The second-order valence-corrected chi connectivity index (χ2v) is 5.40. The summed E-state index contributed by atoms with van der Waals surface area (Å²) in [5.74, 6) is 0. The largest absolute Gasteiger partial charge is 0.289 e. The van der Waals surface area contributed by atoms with Crippen molar-refractivity contribution >= 4 is 11.8 Å². The van der Waals surface area contributed by atoms with Crippen LogP contribution in [0.2, 0.25) is 0 Å². The van der Waals surface area contributed by atoms with Crippen molar-refractivity contribution in [3.05, 3.63) is 92.0 Å². The summed E-state index contributed by atoms with van der Waals surface area (Å²) in [5.41, 5.74) is 0.880. The maximum Gasteiger partial charge on any atom is 0.289 e. The minimum atomic E-state index is -1.18.